The minimum Gasteiger partial charge on any atom is -0.277 e. The molecule has 2 rings (SSSR count). The number of hydrogen-bond acceptors (Lipinski definition) is 3. The van der Waals surface area contributed by atoms with Crippen LogP contribution in [0.5, 0.6) is 0 Å². The van der Waals surface area contributed by atoms with Gasteiger partial charge < -0.3 is 0 Å². The Hall–Kier alpha value is -1.39. The first-order chi connectivity index (χ1) is 5.68. The molecule has 0 spiro atoms. The molecule has 0 bridgehead atoms. The van der Waals surface area contributed by atoms with Crippen LogP contribution < -0.4 is 5.32 Å². The van der Waals surface area contributed by atoms with Gasteiger partial charge >= 0.3 is 6.03 Å². The van der Waals surface area contributed by atoms with Gasteiger partial charge in [-0.05, 0) is 12.8 Å². The van der Waals surface area contributed by atoms with Crippen molar-refractivity contribution in [3.05, 3.63) is 0 Å². The third-order valence-corrected chi connectivity index (χ3v) is 1.96. The molecule has 2 fully saturated rings. The molecule has 0 radical (unpaired) electrons. The fraction of sp³-hybridized carbons (Fsp3) is 0.571. The van der Waals surface area contributed by atoms with Crippen molar-refractivity contribution in [2.24, 2.45) is 0 Å². The molecule has 0 unspecified atom stereocenters. The fourth-order valence-electron chi connectivity index (χ4n) is 1.26. The van der Waals surface area contributed by atoms with E-state index in [1.54, 1.807) is 0 Å². The van der Waals surface area contributed by atoms with E-state index in [0.717, 1.165) is 17.7 Å². The topological polar surface area (TPSA) is 66.5 Å². The molecular weight excluding hydrogens is 160 g/mol. The summed E-state index contributed by atoms with van der Waals surface area (Å²) in [5.74, 6) is -0.867. The quantitative estimate of drug-likeness (QED) is 0.542. The Balaban J connectivity index is 2.15. The number of carbonyl (C=O) groups is 3. The average Bonchev–Trinajstić information content (AvgIpc) is 2.68. The van der Waals surface area contributed by atoms with Crippen LogP contribution in [0.3, 0.4) is 0 Å². The van der Waals surface area contributed by atoms with Gasteiger partial charge in [-0.1, -0.05) is 0 Å². The lowest BCUT2D eigenvalue weighted by molar-refractivity contribution is -0.136. The Morgan fingerprint density at radius 3 is 2.42 bits per heavy atom. The summed E-state index contributed by atoms with van der Waals surface area (Å²) in [6, 6.07) is -0.510. The number of imide groups is 2. The zero-order valence-electron chi connectivity index (χ0n) is 6.37. The smallest absolute Gasteiger partial charge is 0.277 e. The number of barbiturate groups is 1. The molecule has 1 aliphatic carbocycles. The van der Waals surface area contributed by atoms with Crippen molar-refractivity contribution in [2.45, 2.75) is 25.3 Å². The van der Waals surface area contributed by atoms with Crippen LogP contribution in [0.1, 0.15) is 19.3 Å². The normalized spacial score (nSPS) is 24.3. The molecule has 64 valence electrons. The molecule has 1 heterocycles. The van der Waals surface area contributed by atoms with Gasteiger partial charge in [0.2, 0.25) is 11.8 Å². The van der Waals surface area contributed by atoms with Crippen LogP contribution in [0.15, 0.2) is 0 Å². The summed E-state index contributed by atoms with van der Waals surface area (Å²) in [5, 5.41) is 2.11. The first kappa shape index (κ1) is 7.27. The van der Waals surface area contributed by atoms with E-state index in [1.165, 1.54) is 0 Å². The first-order valence-corrected chi connectivity index (χ1v) is 3.84. The van der Waals surface area contributed by atoms with Gasteiger partial charge in [0.1, 0.15) is 6.42 Å². The number of carbonyl (C=O) groups excluding carboxylic acids is 3. The molecule has 2 aliphatic rings. The second-order valence-electron chi connectivity index (χ2n) is 3.03. The Morgan fingerprint density at radius 2 is 1.92 bits per heavy atom. The maximum absolute atomic E-state index is 11.1. The molecule has 1 saturated heterocycles. The Labute approximate surface area is 68.7 Å². The highest BCUT2D eigenvalue weighted by Gasteiger charge is 2.41. The van der Waals surface area contributed by atoms with Gasteiger partial charge in [-0.3, -0.25) is 19.8 Å². The maximum Gasteiger partial charge on any atom is 0.331 e. The molecule has 0 atom stereocenters. The zero-order chi connectivity index (χ0) is 8.72. The largest absolute Gasteiger partial charge is 0.331 e. The van der Waals surface area contributed by atoms with Crippen LogP contribution >= 0.6 is 0 Å². The molecule has 1 N–H and O–H groups in total. The van der Waals surface area contributed by atoms with Crippen LogP contribution in [-0.4, -0.2) is 28.8 Å². The van der Waals surface area contributed by atoms with Gasteiger partial charge in [0, 0.05) is 6.04 Å². The highest BCUT2D eigenvalue weighted by molar-refractivity contribution is 6.14. The van der Waals surface area contributed by atoms with Crippen LogP contribution in [0.4, 0.5) is 4.79 Å². The molecule has 5 heteroatoms. The fourth-order valence-corrected chi connectivity index (χ4v) is 1.26. The van der Waals surface area contributed by atoms with E-state index in [0.29, 0.717) is 0 Å². The van der Waals surface area contributed by atoms with Crippen LogP contribution in [0, 0.1) is 0 Å². The second-order valence-corrected chi connectivity index (χ2v) is 3.03. The Morgan fingerprint density at radius 1 is 1.25 bits per heavy atom. The lowest BCUT2D eigenvalue weighted by atomic mass is 10.3. The van der Waals surface area contributed by atoms with Crippen molar-refractivity contribution in [2.75, 3.05) is 0 Å². The van der Waals surface area contributed by atoms with Crippen molar-refractivity contribution in [1.29, 1.82) is 0 Å². The molecule has 0 aromatic heterocycles. The molecule has 0 aromatic carbocycles. The van der Waals surface area contributed by atoms with Gasteiger partial charge in [0.15, 0.2) is 0 Å². The number of urea groups is 1. The molecule has 4 amide bonds. The summed E-state index contributed by atoms with van der Waals surface area (Å²) in [7, 11) is 0. The third-order valence-electron chi connectivity index (χ3n) is 1.96. The monoisotopic (exact) mass is 168 g/mol. The maximum atomic E-state index is 11.1. The summed E-state index contributed by atoms with van der Waals surface area (Å²) in [6.07, 6.45) is 1.54. The summed E-state index contributed by atoms with van der Waals surface area (Å²) in [6.45, 7) is 0. The van der Waals surface area contributed by atoms with Crippen molar-refractivity contribution >= 4 is 17.8 Å². The molecule has 12 heavy (non-hydrogen) atoms. The van der Waals surface area contributed by atoms with Crippen LogP contribution in [-0.2, 0) is 9.59 Å². The SMILES string of the molecule is O=C1CC(=O)N(C2CC2)C(=O)N1. The van der Waals surface area contributed by atoms with Gasteiger partial charge in [-0.25, -0.2) is 4.79 Å². The average molecular weight is 168 g/mol. The molecule has 1 saturated carbocycles. The summed E-state index contributed by atoms with van der Waals surface area (Å²) >= 11 is 0. The minimum absolute atomic E-state index is 0.0469. The lowest BCUT2D eigenvalue weighted by Crippen LogP contribution is -2.53. The molecule has 0 aromatic rings. The van der Waals surface area contributed by atoms with Crippen molar-refractivity contribution < 1.29 is 14.4 Å². The van der Waals surface area contributed by atoms with Crippen molar-refractivity contribution in [3.63, 3.8) is 0 Å². The standard InChI is InChI=1S/C7H8N2O3/c10-5-3-6(11)9(4-1-2-4)7(12)8-5/h4H,1-3H2,(H,8,10,12). The van der Waals surface area contributed by atoms with Crippen molar-refractivity contribution in [1.82, 2.24) is 10.2 Å². The third kappa shape index (κ3) is 1.07. The predicted molar refractivity (Wildman–Crippen MR) is 38.0 cm³/mol. The van der Waals surface area contributed by atoms with E-state index in [2.05, 4.69) is 5.32 Å². The van der Waals surface area contributed by atoms with Gasteiger partial charge in [-0.15, -0.1) is 0 Å². The first-order valence-electron chi connectivity index (χ1n) is 3.84. The van der Waals surface area contributed by atoms with Gasteiger partial charge in [0.05, 0.1) is 0 Å². The van der Waals surface area contributed by atoms with E-state index in [-0.39, 0.29) is 18.4 Å². The Bertz CT molecular complexity index is 250. The van der Waals surface area contributed by atoms with Gasteiger partial charge in [-0.2, -0.15) is 0 Å². The highest BCUT2D eigenvalue weighted by atomic mass is 16.2. The number of hydrogen-bond donors (Lipinski definition) is 1. The highest BCUT2D eigenvalue weighted by Crippen LogP contribution is 2.28. The molecular formula is C7H8N2O3. The Kier molecular flexibility index (Phi) is 1.39. The second kappa shape index (κ2) is 2.30. The summed E-state index contributed by atoms with van der Waals surface area (Å²) in [5.41, 5.74) is 0. The van der Waals surface area contributed by atoms with Gasteiger partial charge in [0.25, 0.3) is 0 Å². The van der Waals surface area contributed by atoms with E-state index >= 15 is 0 Å². The predicted octanol–water partition coefficient (Wildman–Crippen LogP) is -0.383. The summed E-state index contributed by atoms with van der Waals surface area (Å²) < 4.78 is 0. The van der Waals surface area contributed by atoms with Crippen molar-refractivity contribution in [3.8, 4) is 0 Å². The number of amides is 4. The van der Waals surface area contributed by atoms with Crippen LogP contribution in [0.2, 0.25) is 0 Å². The molecule has 5 nitrogen and oxygen atoms in total. The number of rotatable bonds is 1. The van der Waals surface area contributed by atoms with E-state index in [1.807, 2.05) is 0 Å². The molecule has 1 aliphatic heterocycles. The van der Waals surface area contributed by atoms with E-state index in [9.17, 15) is 14.4 Å². The minimum atomic E-state index is -0.557. The summed E-state index contributed by atoms with van der Waals surface area (Å²) in [4.78, 5) is 34.1. The van der Waals surface area contributed by atoms with Crippen LogP contribution in [0.25, 0.3) is 0 Å². The van der Waals surface area contributed by atoms with E-state index in [4.69, 9.17) is 0 Å². The number of nitrogens with one attached hydrogen (secondary N) is 1. The van der Waals surface area contributed by atoms with E-state index < -0.39 is 11.9 Å². The lowest BCUT2D eigenvalue weighted by Gasteiger charge is -2.24. The number of nitrogens with zero attached hydrogens (tertiary/aromatic N) is 1. The zero-order valence-corrected chi connectivity index (χ0v) is 6.37.